The summed E-state index contributed by atoms with van der Waals surface area (Å²) in [6.07, 6.45) is 0. The highest BCUT2D eigenvalue weighted by Crippen LogP contribution is 2.50. The molecule has 0 unspecified atom stereocenters. The predicted molar refractivity (Wildman–Crippen MR) is 105 cm³/mol. The van der Waals surface area contributed by atoms with E-state index in [1.165, 1.54) is 11.4 Å². The van der Waals surface area contributed by atoms with Crippen LogP contribution in [-0.2, 0) is 14.8 Å². The molecule has 2 aliphatic rings. The summed E-state index contributed by atoms with van der Waals surface area (Å²) in [5, 5.41) is 9.66. The molecule has 2 heterocycles. The Morgan fingerprint density at radius 2 is 1.85 bits per heavy atom. The Bertz CT molecular complexity index is 1160. The molecule has 2 aromatic carbocycles. The van der Waals surface area contributed by atoms with E-state index in [1.807, 2.05) is 6.07 Å². The van der Waals surface area contributed by atoms with Crippen LogP contribution in [0.2, 0.25) is 0 Å². The molecule has 0 bridgehead atoms. The number of benzene rings is 2. The van der Waals surface area contributed by atoms with Crippen LogP contribution in [-0.4, -0.2) is 15.5 Å². The Morgan fingerprint density at radius 1 is 1.19 bits per heavy atom. The van der Waals surface area contributed by atoms with Crippen LogP contribution in [0.3, 0.4) is 0 Å². The van der Waals surface area contributed by atoms with Gasteiger partial charge in [-0.15, -0.1) is 0 Å². The van der Waals surface area contributed by atoms with Crippen molar-refractivity contribution >= 4 is 37.4 Å². The number of hydrogen-bond donors (Lipinski definition) is 1. The van der Waals surface area contributed by atoms with Gasteiger partial charge in [-0.2, -0.15) is 5.26 Å². The van der Waals surface area contributed by atoms with Crippen molar-refractivity contribution in [1.29, 1.82) is 5.26 Å². The molecule has 6 nitrogen and oxygen atoms in total. The summed E-state index contributed by atoms with van der Waals surface area (Å²) in [7, 11) is -2.42. The minimum absolute atomic E-state index is 0.0248. The third-order valence-corrected chi connectivity index (χ3v) is 7.13. The van der Waals surface area contributed by atoms with Crippen LogP contribution in [0.1, 0.15) is 17.0 Å². The molecular formula is C19H14BrN3O3S. The molecule has 0 radical (unpaired) electrons. The Hall–Kier alpha value is -2.76. The summed E-state index contributed by atoms with van der Waals surface area (Å²) in [5.74, 6) is -0.750. The second-order valence-corrected chi connectivity index (χ2v) is 9.01. The zero-order valence-electron chi connectivity index (χ0n) is 14.2. The highest BCUT2D eigenvalue weighted by Gasteiger charge is 2.46. The first kappa shape index (κ1) is 17.6. The van der Waals surface area contributed by atoms with E-state index in [0.29, 0.717) is 16.8 Å². The van der Waals surface area contributed by atoms with E-state index in [9.17, 15) is 13.7 Å². The molecule has 8 heteroatoms. The van der Waals surface area contributed by atoms with Crippen molar-refractivity contribution in [3.05, 3.63) is 80.5 Å². The maximum absolute atomic E-state index is 13.3. The topological polar surface area (TPSA) is 96.4 Å². The van der Waals surface area contributed by atoms with Gasteiger partial charge in [0.15, 0.2) is 5.76 Å². The lowest BCUT2D eigenvalue weighted by atomic mass is 9.88. The normalized spacial score (nSPS) is 20.5. The van der Waals surface area contributed by atoms with Crippen LogP contribution in [0.25, 0.3) is 5.76 Å². The molecule has 136 valence electrons. The van der Waals surface area contributed by atoms with Crippen molar-refractivity contribution < 1.29 is 13.2 Å². The SMILES string of the molecule is CN1c2ccccc2C2=C([C@@H](c3ccc(Br)cc3)C(C#N)=C(N)O2)S1(=O)=O. The molecule has 0 spiro atoms. The number of nitrogens with two attached hydrogens (primary N) is 1. The van der Waals surface area contributed by atoms with Gasteiger partial charge in [-0.3, -0.25) is 4.31 Å². The van der Waals surface area contributed by atoms with Crippen LogP contribution in [0.4, 0.5) is 5.69 Å². The fourth-order valence-corrected chi connectivity index (χ4v) is 5.30. The minimum Gasteiger partial charge on any atom is -0.439 e. The Balaban J connectivity index is 2.07. The molecule has 2 aliphatic heterocycles. The van der Waals surface area contributed by atoms with E-state index in [-0.39, 0.29) is 22.1 Å². The highest BCUT2D eigenvalue weighted by molar-refractivity contribution is 9.10. The molecule has 1 atom stereocenters. The maximum Gasteiger partial charge on any atom is 0.264 e. The Kier molecular flexibility index (Phi) is 4.02. The fourth-order valence-electron chi connectivity index (χ4n) is 3.38. The third kappa shape index (κ3) is 2.54. The first-order valence-electron chi connectivity index (χ1n) is 8.02. The zero-order chi connectivity index (χ0) is 19.3. The molecule has 0 saturated heterocycles. The number of fused-ring (bicyclic) bond motifs is 2. The average molecular weight is 444 g/mol. The molecule has 0 amide bonds. The van der Waals surface area contributed by atoms with Gasteiger partial charge < -0.3 is 10.5 Å². The van der Waals surface area contributed by atoms with Gasteiger partial charge in [-0.1, -0.05) is 40.2 Å². The third-order valence-electron chi connectivity index (χ3n) is 4.70. The number of para-hydroxylation sites is 1. The lowest BCUT2D eigenvalue weighted by molar-refractivity contribution is 0.357. The predicted octanol–water partition coefficient (Wildman–Crippen LogP) is 3.41. The number of allylic oxidation sites excluding steroid dienone is 2. The summed E-state index contributed by atoms with van der Waals surface area (Å²) >= 11 is 3.37. The van der Waals surface area contributed by atoms with E-state index >= 15 is 0 Å². The summed E-state index contributed by atoms with van der Waals surface area (Å²) < 4.78 is 34.4. The molecule has 4 rings (SSSR count). The number of nitrogens with zero attached hydrogens (tertiary/aromatic N) is 2. The van der Waals surface area contributed by atoms with Gasteiger partial charge in [0.1, 0.15) is 16.5 Å². The standard InChI is InChI=1S/C19H14BrN3O3S/c1-23-15-5-3-2-4-13(15)17-18(27(23,24)25)16(14(10-21)19(22)26-17)11-6-8-12(20)9-7-11/h2-9,16H,22H2,1H3/t16-/m0/s1. The van der Waals surface area contributed by atoms with Gasteiger partial charge in [0.2, 0.25) is 5.88 Å². The van der Waals surface area contributed by atoms with E-state index in [1.54, 1.807) is 48.5 Å². The quantitative estimate of drug-likeness (QED) is 0.728. The van der Waals surface area contributed by atoms with Crippen molar-refractivity contribution in [3.63, 3.8) is 0 Å². The molecule has 0 aliphatic carbocycles. The number of sulfonamides is 1. The van der Waals surface area contributed by atoms with Crippen molar-refractivity contribution in [1.82, 2.24) is 0 Å². The molecular weight excluding hydrogens is 430 g/mol. The van der Waals surface area contributed by atoms with Crippen molar-refractivity contribution in [2.75, 3.05) is 11.4 Å². The molecule has 0 saturated carbocycles. The van der Waals surface area contributed by atoms with Crippen LogP contribution < -0.4 is 10.0 Å². The molecule has 27 heavy (non-hydrogen) atoms. The number of rotatable bonds is 1. The smallest absolute Gasteiger partial charge is 0.264 e. The molecule has 2 aromatic rings. The van der Waals surface area contributed by atoms with Gasteiger partial charge in [-0.25, -0.2) is 8.42 Å². The number of nitriles is 1. The average Bonchev–Trinajstić information content (AvgIpc) is 2.66. The summed E-state index contributed by atoms with van der Waals surface area (Å²) in [6, 6.07) is 16.2. The van der Waals surface area contributed by atoms with Crippen molar-refractivity contribution in [3.8, 4) is 6.07 Å². The number of hydrogen-bond acceptors (Lipinski definition) is 5. The van der Waals surface area contributed by atoms with Crippen molar-refractivity contribution in [2.24, 2.45) is 5.73 Å². The van der Waals surface area contributed by atoms with Gasteiger partial charge in [0, 0.05) is 17.1 Å². The number of anilines is 1. The first-order valence-corrected chi connectivity index (χ1v) is 10.2. The largest absolute Gasteiger partial charge is 0.439 e. The summed E-state index contributed by atoms with van der Waals surface area (Å²) in [4.78, 5) is 0.0248. The maximum atomic E-state index is 13.3. The Labute approximate surface area is 165 Å². The van der Waals surface area contributed by atoms with E-state index in [0.717, 1.165) is 4.47 Å². The second kappa shape index (κ2) is 6.15. The molecule has 0 aromatic heterocycles. The van der Waals surface area contributed by atoms with Crippen molar-refractivity contribution in [2.45, 2.75) is 5.92 Å². The fraction of sp³-hybridized carbons (Fsp3) is 0.105. The molecule has 0 fully saturated rings. The lowest BCUT2D eigenvalue weighted by Crippen LogP contribution is -2.37. The zero-order valence-corrected chi connectivity index (χ0v) is 16.6. The van der Waals surface area contributed by atoms with Gasteiger partial charge in [-0.05, 0) is 29.8 Å². The van der Waals surface area contributed by atoms with Crippen LogP contribution in [0.5, 0.6) is 0 Å². The van der Waals surface area contributed by atoms with Crippen LogP contribution in [0.15, 0.2) is 69.4 Å². The lowest BCUT2D eigenvalue weighted by Gasteiger charge is -2.36. The van der Waals surface area contributed by atoms with Gasteiger partial charge in [0.25, 0.3) is 10.0 Å². The van der Waals surface area contributed by atoms with Crippen LogP contribution >= 0.6 is 15.9 Å². The number of halogens is 1. The van der Waals surface area contributed by atoms with Gasteiger partial charge >= 0.3 is 0 Å². The van der Waals surface area contributed by atoms with E-state index < -0.39 is 15.9 Å². The van der Waals surface area contributed by atoms with E-state index in [4.69, 9.17) is 10.5 Å². The molecule has 2 N–H and O–H groups in total. The minimum atomic E-state index is -3.91. The highest BCUT2D eigenvalue weighted by atomic mass is 79.9. The number of ether oxygens (including phenoxy) is 1. The Morgan fingerprint density at radius 3 is 2.52 bits per heavy atom. The summed E-state index contributed by atoms with van der Waals surface area (Å²) in [5.41, 5.74) is 7.85. The van der Waals surface area contributed by atoms with Crippen LogP contribution in [0, 0.1) is 11.3 Å². The summed E-state index contributed by atoms with van der Waals surface area (Å²) in [6.45, 7) is 0. The first-order chi connectivity index (χ1) is 12.9. The monoisotopic (exact) mass is 443 g/mol. The van der Waals surface area contributed by atoms with E-state index in [2.05, 4.69) is 15.9 Å². The second-order valence-electron chi connectivity index (χ2n) is 6.16. The van der Waals surface area contributed by atoms with Gasteiger partial charge in [0.05, 0.1) is 11.6 Å².